The first-order chi connectivity index (χ1) is 9.16. The molecule has 2 atom stereocenters. The molecule has 4 nitrogen and oxygen atoms in total. The van der Waals surface area contributed by atoms with Gasteiger partial charge in [-0.2, -0.15) is 0 Å². The van der Waals surface area contributed by atoms with Crippen LogP contribution in [-0.2, 0) is 9.59 Å². The van der Waals surface area contributed by atoms with Crippen LogP contribution >= 0.6 is 0 Å². The lowest BCUT2D eigenvalue weighted by Gasteiger charge is -2.36. The number of nitrogens with zero attached hydrogens (tertiary/aromatic N) is 1. The third-order valence-electron chi connectivity index (χ3n) is 4.19. The van der Waals surface area contributed by atoms with Gasteiger partial charge in [0.25, 0.3) is 0 Å². The minimum absolute atomic E-state index is 0.141. The number of hydrogen-bond acceptors (Lipinski definition) is 2. The Morgan fingerprint density at radius 1 is 1.26 bits per heavy atom. The van der Waals surface area contributed by atoms with Crippen LogP contribution in [0.1, 0.15) is 51.4 Å². The average Bonchev–Trinajstić information content (AvgIpc) is 2.89. The molecule has 1 heterocycles. The highest BCUT2D eigenvalue weighted by Gasteiger charge is 2.28. The predicted octanol–water partition coefficient (Wildman–Crippen LogP) is 2.59. The van der Waals surface area contributed by atoms with Gasteiger partial charge in [-0.25, -0.2) is 0 Å². The first-order valence-electron chi connectivity index (χ1n) is 7.34. The third-order valence-corrected chi connectivity index (χ3v) is 4.19. The number of carbonyl (C=O) groups excluding carboxylic acids is 1. The van der Waals surface area contributed by atoms with E-state index in [1.54, 1.807) is 0 Å². The van der Waals surface area contributed by atoms with Crippen LogP contribution in [0.3, 0.4) is 0 Å². The summed E-state index contributed by atoms with van der Waals surface area (Å²) >= 11 is 0. The molecule has 1 fully saturated rings. The van der Waals surface area contributed by atoms with E-state index >= 15 is 0 Å². The monoisotopic (exact) mass is 265 g/mol. The number of carboxylic acid groups (broad SMARTS) is 1. The molecule has 2 rings (SSSR count). The number of amides is 1. The second-order valence-electron chi connectivity index (χ2n) is 5.64. The molecule has 1 aliphatic carbocycles. The maximum atomic E-state index is 12.4. The summed E-state index contributed by atoms with van der Waals surface area (Å²) in [7, 11) is 0. The van der Waals surface area contributed by atoms with E-state index in [1.807, 2.05) is 4.90 Å². The van der Waals surface area contributed by atoms with Gasteiger partial charge in [-0.1, -0.05) is 12.2 Å². The Labute approximate surface area is 114 Å². The predicted molar refractivity (Wildman–Crippen MR) is 72.7 cm³/mol. The minimum atomic E-state index is -0.767. The number of carbonyl (C=O) groups is 2. The van der Waals surface area contributed by atoms with Crippen molar-refractivity contribution in [2.75, 3.05) is 6.54 Å². The molecule has 0 aromatic carbocycles. The van der Waals surface area contributed by atoms with Crippen molar-refractivity contribution in [2.24, 2.45) is 5.92 Å². The number of hydrogen-bond donors (Lipinski definition) is 1. The first-order valence-corrected chi connectivity index (χ1v) is 7.34. The van der Waals surface area contributed by atoms with Gasteiger partial charge in [0.2, 0.25) is 5.91 Å². The molecule has 1 saturated heterocycles. The molecule has 2 aliphatic rings. The van der Waals surface area contributed by atoms with Gasteiger partial charge in [-0.3, -0.25) is 9.59 Å². The third kappa shape index (κ3) is 4.08. The Morgan fingerprint density at radius 2 is 2.11 bits per heavy atom. The molecule has 0 unspecified atom stereocenters. The zero-order valence-corrected chi connectivity index (χ0v) is 11.4. The quantitative estimate of drug-likeness (QED) is 0.777. The Bertz CT molecular complexity index is 364. The van der Waals surface area contributed by atoms with Gasteiger partial charge in [-0.05, 0) is 44.4 Å². The fourth-order valence-electron chi connectivity index (χ4n) is 3.13. The second-order valence-corrected chi connectivity index (χ2v) is 5.64. The summed E-state index contributed by atoms with van der Waals surface area (Å²) in [6, 6.07) is 0.141. The Kier molecular flexibility index (Phi) is 5.00. The lowest BCUT2D eigenvalue weighted by molar-refractivity contribution is -0.140. The lowest BCUT2D eigenvalue weighted by Crippen LogP contribution is -2.44. The highest BCUT2D eigenvalue weighted by atomic mass is 16.4. The molecule has 19 heavy (non-hydrogen) atoms. The van der Waals surface area contributed by atoms with Crippen LogP contribution in [0.4, 0.5) is 0 Å². The average molecular weight is 265 g/mol. The van der Waals surface area contributed by atoms with E-state index in [0.29, 0.717) is 18.8 Å². The Hall–Kier alpha value is -1.32. The van der Waals surface area contributed by atoms with Gasteiger partial charge < -0.3 is 10.0 Å². The van der Waals surface area contributed by atoms with E-state index in [4.69, 9.17) is 5.11 Å². The molecule has 0 spiro atoms. The van der Waals surface area contributed by atoms with Gasteiger partial charge in [0.05, 0.1) is 0 Å². The largest absolute Gasteiger partial charge is 0.481 e. The summed E-state index contributed by atoms with van der Waals surface area (Å²) in [5, 5.41) is 8.79. The van der Waals surface area contributed by atoms with Gasteiger partial charge in [-0.15, -0.1) is 0 Å². The van der Waals surface area contributed by atoms with Crippen molar-refractivity contribution in [3.05, 3.63) is 12.2 Å². The van der Waals surface area contributed by atoms with Crippen molar-refractivity contribution in [2.45, 2.75) is 57.4 Å². The van der Waals surface area contributed by atoms with Crippen LogP contribution in [0.15, 0.2) is 12.2 Å². The molecule has 0 bridgehead atoms. The maximum Gasteiger partial charge on any atom is 0.303 e. The zero-order chi connectivity index (χ0) is 13.7. The van der Waals surface area contributed by atoms with E-state index in [2.05, 4.69) is 12.2 Å². The fourth-order valence-corrected chi connectivity index (χ4v) is 3.13. The summed E-state index contributed by atoms with van der Waals surface area (Å²) in [5.74, 6) is -0.155. The van der Waals surface area contributed by atoms with Crippen LogP contribution in [0.25, 0.3) is 0 Å². The van der Waals surface area contributed by atoms with Crippen molar-refractivity contribution < 1.29 is 14.7 Å². The highest BCUT2D eigenvalue weighted by molar-refractivity contribution is 5.77. The fraction of sp³-hybridized carbons (Fsp3) is 0.733. The smallest absolute Gasteiger partial charge is 0.303 e. The molecule has 0 saturated carbocycles. The molecule has 1 aliphatic heterocycles. The lowest BCUT2D eigenvalue weighted by atomic mass is 9.96. The second kappa shape index (κ2) is 6.73. The van der Waals surface area contributed by atoms with Gasteiger partial charge >= 0.3 is 5.97 Å². The standard InChI is InChI=1S/C15H23NO3/c17-14(11-12-5-1-2-6-12)16-10-4-3-7-13(16)8-9-15(18)19/h1,5,12-13H,2-4,6-11H2,(H,18,19)/t12-,13-/m1/s1. The van der Waals surface area contributed by atoms with Crippen molar-refractivity contribution >= 4 is 11.9 Å². The molecule has 1 amide bonds. The van der Waals surface area contributed by atoms with E-state index in [1.165, 1.54) is 0 Å². The maximum absolute atomic E-state index is 12.4. The number of likely N-dealkylation sites (tertiary alicyclic amines) is 1. The van der Waals surface area contributed by atoms with E-state index in [0.717, 1.165) is 38.6 Å². The molecule has 4 heteroatoms. The Balaban J connectivity index is 1.88. The summed E-state index contributed by atoms with van der Waals surface area (Å²) in [5.41, 5.74) is 0. The topological polar surface area (TPSA) is 57.6 Å². The number of piperidine rings is 1. The summed E-state index contributed by atoms with van der Waals surface area (Å²) in [4.78, 5) is 25.0. The number of carboxylic acids is 1. The van der Waals surface area contributed by atoms with Crippen molar-refractivity contribution in [1.29, 1.82) is 0 Å². The van der Waals surface area contributed by atoms with Crippen molar-refractivity contribution in [3.8, 4) is 0 Å². The first kappa shape index (κ1) is 14.1. The SMILES string of the molecule is O=C(O)CC[C@H]1CCCCN1C(=O)C[C@@H]1C=CCC1. The number of aliphatic carboxylic acids is 1. The van der Waals surface area contributed by atoms with Crippen LogP contribution in [-0.4, -0.2) is 34.5 Å². The van der Waals surface area contributed by atoms with E-state index < -0.39 is 5.97 Å². The van der Waals surface area contributed by atoms with Crippen LogP contribution in [0.2, 0.25) is 0 Å². The van der Waals surface area contributed by atoms with Crippen molar-refractivity contribution in [3.63, 3.8) is 0 Å². The normalized spacial score (nSPS) is 26.6. The molecule has 0 aromatic rings. The summed E-state index contributed by atoms with van der Waals surface area (Å²) in [6.07, 6.45) is 10.9. The van der Waals surface area contributed by atoms with Gasteiger partial charge in [0.1, 0.15) is 0 Å². The van der Waals surface area contributed by atoms with Crippen LogP contribution in [0.5, 0.6) is 0 Å². The molecule has 0 radical (unpaired) electrons. The van der Waals surface area contributed by atoms with Gasteiger partial charge in [0, 0.05) is 25.4 Å². The zero-order valence-electron chi connectivity index (χ0n) is 11.4. The van der Waals surface area contributed by atoms with Crippen LogP contribution < -0.4 is 0 Å². The number of allylic oxidation sites excluding steroid dienone is 2. The number of rotatable bonds is 5. The molecule has 0 aromatic heterocycles. The molecule has 1 N–H and O–H groups in total. The van der Waals surface area contributed by atoms with Crippen molar-refractivity contribution in [1.82, 2.24) is 4.90 Å². The highest BCUT2D eigenvalue weighted by Crippen LogP contribution is 2.26. The molecular weight excluding hydrogens is 242 g/mol. The van der Waals surface area contributed by atoms with E-state index in [9.17, 15) is 9.59 Å². The molecule has 106 valence electrons. The van der Waals surface area contributed by atoms with Crippen LogP contribution in [0, 0.1) is 5.92 Å². The molecular formula is C15H23NO3. The van der Waals surface area contributed by atoms with E-state index in [-0.39, 0.29) is 18.4 Å². The minimum Gasteiger partial charge on any atom is -0.481 e. The van der Waals surface area contributed by atoms with Gasteiger partial charge in [0.15, 0.2) is 0 Å². The Morgan fingerprint density at radius 3 is 2.79 bits per heavy atom. The summed E-state index contributed by atoms with van der Waals surface area (Å²) < 4.78 is 0. The summed E-state index contributed by atoms with van der Waals surface area (Å²) in [6.45, 7) is 0.805.